The number of halogens is 2. The molecule has 7 heteroatoms. The summed E-state index contributed by atoms with van der Waals surface area (Å²) in [4.78, 5) is 26.6. The second-order valence-corrected chi connectivity index (χ2v) is 6.95. The second kappa shape index (κ2) is 7.61. The molecule has 2 rings (SSSR count). The van der Waals surface area contributed by atoms with Crippen molar-refractivity contribution in [2.45, 2.75) is 31.7 Å². The van der Waals surface area contributed by atoms with Crippen molar-refractivity contribution < 1.29 is 18.7 Å². The first-order chi connectivity index (χ1) is 11.3. The van der Waals surface area contributed by atoms with Gasteiger partial charge in [0.1, 0.15) is 11.4 Å². The van der Waals surface area contributed by atoms with Crippen LogP contribution in [-0.4, -0.2) is 49.6 Å². The second-order valence-electron chi connectivity index (χ2n) is 6.10. The summed E-state index contributed by atoms with van der Waals surface area (Å²) in [5, 5.41) is 3.19. The number of nitrogens with one attached hydrogen (secondary N) is 1. The van der Waals surface area contributed by atoms with E-state index in [4.69, 9.17) is 4.74 Å². The molecular formula is C17H22BrFN2O3. The molecule has 1 fully saturated rings. The predicted octanol–water partition coefficient (Wildman–Crippen LogP) is 2.19. The number of rotatable bonds is 4. The first-order valence-corrected chi connectivity index (χ1v) is 8.61. The van der Waals surface area contributed by atoms with E-state index in [2.05, 4.69) is 21.2 Å². The van der Waals surface area contributed by atoms with Crippen LogP contribution in [0.4, 0.5) is 4.39 Å². The number of piperidine rings is 1. The van der Waals surface area contributed by atoms with Crippen LogP contribution in [0.15, 0.2) is 16.6 Å². The van der Waals surface area contributed by atoms with Gasteiger partial charge in [-0.05, 0) is 72.0 Å². The van der Waals surface area contributed by atoms with Gasteiger partial charge in [0.2, 0.25) is 5.91 Å². The molecule has 0 aliphatic carbocycles. The Bertz CT molecular complexity index is 645. The topological polar surface area (TPSA) is 58.6 Å². The molecule has 0 unspecified atom stereocenters. The summed E-state index contributed by atoms with van der Waals surface area (Å²) in [7, 11) is 2.98. The summed E-state index contributed by atoms with van der Waals surface area (Å²) >= 11 is 3.15. The van der Waals surface area contributed by atoms with Crippen LogP contribution in [0.1, 0.15) is 24.0 Å². The van der Waals surface area contributed by atoms with Crippen molar-refractivity contribution >= 4 is 27.8 Å². The van der Waals surface area contributed by atoms with Gasteiger partial charge in [-0.3, -0.25) is 4.79 Å². The monoisotopic (exact) mass is 400 g/mol. The number of methoxy groups -OCH3 is 1. The Morgan fingerprint density at radius 3 is 2.58 bits per heavy atom. The standard InChI is InChI=1S/C17H22BrFN2O3/c1-11-8-14(19)13(18)9-12(11)10-15(22)21(2)17(16(23)24-3)4-6-20-7-5-17/h8-9,20H,4-7,10H2,1-3H3. The van der Waals surface area contributed by atoms with Crippen molar-refractivity contribution in [3.8, 4) is 0 Å². The Hall–Kier alpha value is -1.47. The van der Waals surface area contributed by atoms with E-state index >= 15 is 0 Å². The molecule has 1 amide bonds. The van der Waals surface area contributed by atoms with Crippen LogP contribution in [0, 0.1) is 12.7 Å². The Kier molecular flexibility index (Phi) is 5.98. The molecule has 5 nitrogen and oxygen atoms in total. The van der Waals surface area contributed by atoms with Crippen LogP contribution in [-0.2, 0) is 20.7 Å². The fourth-order valence-corrected chi connectivity index (χ4v) is 3.50. The van der Waals surface area contributed by atoms with E-state index in [0.29, 0.717) is 36.0 Å². The minimum absolute atomic E-state index is 0.105. The number of likely N-dealkylation sites (N-methyl/N-ethyl adjacent to an activating group) is 1. The number of esters is 1. The number of ether oxygens (including phenoxy) is 1. The fourth-order valence-electron chi connectivity index (χ4n) is 3.10. The number of hydrogen-bond donors (Lipinski definition) is 1. The minimum atomic E-state index is -0.942. The van der Waals surface area contributed by atoms with Crippen molar-refractivity contribution in [3.63, 3.8) is 0 Å². The summed E-state index contributed by atoms with van der Waals surface area (Å²) in [5.41, 5.74) is 0.492. The van der Waals surface area contributed by atoms with E-state index in [0.717, 1.165) is 5.56 Å². The number of benzene rings is 1. The van der Waals surface area contributed by atoms with Crippen molar-refractivity contribution in [3.05, 3.63) is 33.5 Å². The largest absolute Gasteiger partial charge is 0.467 e. The van der Waals surface area contributed by atoms with Crippen molar-refractivity contribution in [2.75, 3.05) is 27.2 Å². The average Bonchev–Trinajstić information content (AvgIpc) is 2.58. The summed E-state index contributed by atoms with van der Waals surface area (Å²) in [6, 6.07) is 3.01. The summed E-state index contributed by atoms with van der Waals surface area (Å²) < 4.78 is 18.8. The number of aryl methyl sites for hydroxylation is 1. The number of nitrogens with zero attached hydrogens (tertiary/aromatic N) is 1. The molecule has 1 aromatic rings. The summed E-state index contributed by atoms with van der Waals surface area (Å²) in [6.45, 7) is 3.06. The Labute approximate surface area is 149 Å². The van der Waals surface area contributed by atoms with E-state index in [-0.39, 0.29) is 18.1 Å². The normalized spacial score (nSPS) is 16.5. The summed E-state index contributed by atoms with van der Waals surface area (Å²) in [6.07, 6.45) is 1.12. The molecule has 0 atom stereocenters. The molecule has 132 valence electrons. The Balaban J connectivity index is 2.24. The zero-order valence-electron chi connectivity index (χ0n) is 14.1. The molecule has 24 heavy (non-hydrogen) atoms. The van der Waals surface area contributed by atoms with Gasteiger partial charge in [-0.25, -0.2) is 9.18 Å². The zero-order chi connectivity index (χ0) is 17.9. The molecule has 0 radical (unpaired) electrons. The third-order valence-corrected chi connectivity index (χ3v) is 5.34. The molecular weight excluding hydrogens is 379 g/mol. The predicted molar refractivity (Wildman–Crippen MR) is 92.2 cm³/mol. The van der Waals surface area contributed by atoms with Gasteiger partial charge in [0.05, 0.1) is 18.0 Å². The zero-order valence-corrected chi connectivity index (χ0v) is 15.7. The maximum atomic E-state index is 13.5. The van der Waals surface area contributed by atoms with Crippen molar-refractivity contribution in [2.24, 2.45) is 0 Å². The third-order valence-electron chi connectivity index (χ3n) is 4.73. The highest BCUT2D eigenvalue weighted by Crippen LogP contribution is 2.28. The molecule has 0 spiro atoms. The molecule has 0 saturated carbocycles. The quantitative estimate of drug-likeness (QED) is 0.786. The number of carbonyl (C=O) groups excluding carboxylic acids is 2. The molecule has 0 bridgehead atoms. The van der Waals surface area contributed by atoms with Gasteiger partial charge in [0.15, 0.2) is 0 Å². The molecule has 1 aromatic carbocycles. The number of hydrogen-bond acceptors (Lipinski definition) is 4. The van der Waals surface area contributed by atoms with E-state index in [1.54, 1.807) is 20.0 Å². The van der Waals surface area contributed by atoms with Gasteiger partial charge in [-0.15, -0.1) is 0 Å². The molecule has 1 aliphatic heterocycles. The van der Waals surface area contributed by atoms with Crippen LogP contribution >= 0.6 is 15.9 Å². The van der Waals surface area contributed by atoms with E-state index < -0.39 is 11.5 Å². The van der Waals surface area contributed by atoms with Gasteiger partial charge in [0, 0.05) is 7.05 Å². The van der Waals surface area contributed by atoms with Gasteiger partial charge in [-0.2, -0.15) is 0 Å². The lowest BCUT2D eigenvalue weighted by atomic mass is 9.86. The molecule has 1 aliphatic rings. The third kappa shape index (κ3) is 3.62. The van der Waals surface area contributed by atoms with Gasteiger partial charge >= 0.3 is 5.97 Å². The van der Waals surface area contributed by atoms with Gasteiger partial charge in [-0.1, -0.05) is 0 Å². The van der Waals surface area contributed by atoms with Crippen LogP contribution in [0.5, 0.6) is 0 Å². The van der Waals surface area contributed by atoms with Gasteiger partial charge in [0.25, 0.3) is 0 Å². The summed E-state index contributed by atoms with van der Waals surface area (Å²) in [5.74, 6) is -0.942. The van der Waals surface area contributed by atoms with Crippen LogP contribution in [0.3, 0.4) is 0 Å². The SMILES string of the molecule is COC(=O)C1(N(C)C(=O)Cc2cc(Br)c(F)cc2C)CCNCC1. The maximum Gasteiger partial charge on any atom is 0.331 e. The number of amides is 1. The smallest absolute Gasteiger partial charge is 0.331 e. The lowest BCUT2D eigenvalue weighted by molar-refractivity contribution is -0.162. The first-order valence-electron chi connectivity index (χ1n) is 7.82. The van der Waals surface area contributed by atoms with Crippen LogP contribution < -0.4 is 5.32 Å². The van der Waals surface area contributed by atoms with E-state index in [1.807, 2.05) is 0 Å². The molecule has 0 aromatic heterocycles. The van der Waals surface area contributed by atoms with Crippen LogP contribution in [0.25, 0.3) is 0 Å². The highest BCUT2D eigenvalue weighted by atomic mass is 79.9. The maximum absolute atomic E-state index is 13.5. The highest BCUT2D eigenvalue weighted by molar-refractivity contribution is 9.10. The molecule has 1 saturated heterocycles. The van der Waals surface area contributed by atoms with E-state index in [1.165, 1.54) is 18.1 Å². The van der Waals surface area contributed by atoms with Crippen LogP contribution in [0.2, 0.25) is 0 Å². The van der Waals surface area contributed by atoms with Crippen molar-refractivity contribution in [1.82, 2.24) is 10.2 Å². The van der Waals surface area contributed by atoms with Crippen molar-refractivity contribution in [1.29, 1.82) is 0 Å². The average molecular weight is 401 g/mol. The number of carbonyl (C=O) groups is 2. The minimum Gasteiger partial charge on any atom is -0.467 e. The fraction of sp³-hybridized carbons (Fsp3) is 0.529. The Morgan fingerprint density at radius 1 is 1.38 bits per heavy atom. The molecule has 1 N–H and O–H groups in total. The van der Waals surface area contributed by atoms with E-state index in [9.17, 15) is 14.0 Å². The highest BCUT2D eigenvalue weighted by Gasteiger charge is 2.46. The van der Waals surface area contributed by atoms with Gasteiger partial charge < -0.3 is 15.0 Å². The lowest BCUT2D eigenvalue weighted by Crippen LogP contribution is -2.60. The Morgan fingerprint density at radius 2 is 2.00 bits per heavy atom. The molecule has 1 heterocycles. The first kappa shape index (κ1) is 18.9. The lowest BCUT2D eigenvalue weighted by Gasteiger charge is -2.42.